The third kappa shape index (κ3) is 4.00. The lowest BCUT2D eigenvalue weighted by Gasteiger charge is -2.20. The molecule has 0 heterocycles. The zero-order chi connectivity index (χ0) is 12.8. The monoisotopic (exact) mass is 252 g/mol. The van der Waals surface area contributed by atoms with Crippen molar-refractivity contribution in [3.63, 3.8) is 0 Å². The number of aliphatic hydroxyl groups is 1. The molecule has 0 aromatic heterocycles. The molecule has 0 amide bonds. The molecule has 1 rings (SSSR count). The van der Waals surface area contributed by atoms with Crippen LogP contribution in [0.25, 0.3) is 5.76 Å². The summed E-state index contributed by atoms with van der Waals surface area (Å²) in [5.74, 6) is 0.379. The summed E-state index contributed by atoms with van der Waals surface area (Å²) in [6, 6.07) is 8.09. The minimum atomic E-state index is 0.114. The molecule has 0 spiro atoms. The largest absolute Gasteiger partial charge is 0.503 e. The Balaban J connectivity index is 2.88. The first-order valence-electron chi connectivity index (χ1n) is 5.91. The third-order valence-electron chi connectivity index (χ3n) is 2.64. The van der Waals surface area contributed by atoms with Gasteiger partial charge in [0.25, 0.3) is 0 Å². The van der Waals surface area contributed by atoms with Gasteiger partial charge in [0.1, 0.15) is 12.5 Å². The number of rotatable bonds is 5. The molecule has 3 heteroatoms. The van der Waals surface area contributed by atoms with Crippen molar-refractivity contribution in [2.75, 3.05) is 30.5 Å². The van der Waals surface area contributed by atoms with E-state index in [1.807, 2.05) is 17.5 Å². The quantitative estimate of drug-likeness (QED) is 0.642. The molecule has 0 unspecified atom stereocenters. The number of anilines is 1. The summed E-state index contributed by atoms with van der Waals surface area (Å²) in [5.41, 5.74) is 2.10. The minimum Gasteiger partial charge on any atom is -0.503 e. The van der Waals surface area contributed by atoms with Crippen molar-refractivity contribution in [2.24, 2.45) is 0 Å². The summed E-state index contributed by atoms with van der Waals surface area (Å²) in [7, 11) is 0.114. The van der Waals surface area contributed by atoms with E-state index in [9.17, 15) is 5.11 Å². The summed E-state index contributed by atoms with van der Waals surface area (Å²) >= 11 is 0. The Labute approximate surface area is 107 Å². The van der Waals surface area contributed by atoms with Crippen LogP contribution in [0, 0.1) is 0 Å². The standard InChI is InChI=1S/C14H21NOS/c1-5-15(6-2)13-9-7-12(8-10-13)14(16)11-17(3)4/h7-11H,5-6H2,1-4H3/p+1/b14-11-. The number of aliphatic hydroxyl groups excluding tert-OH is 1. The maximum atomic E-state index is 9.89. The van der Waals surface area contributed by atoms with Gasteiger partial charge in [-0.05, 0) is 38.1 Å². The zero-order valence-electron chi connectivity index (χ0n) is 11.1. The van der Waals surface area contributed by atoms with E-state index in [0.717, 1.165) is 18.7 Å². The lowest BCUT2D eigenvalue weighted by Crippen LogP contribution is -2.21. The average Bonchev–Trinajstić information content (AvgIpc) is 2.30. The normalized spacial score (nSPS) is 11.9. The van der Waals surface area contributed by atoms with Gasteiger partial charge >= 0.3 is 0 Å². The fourth-order valence-electron chi connectivity index (χ4n) is 1.72. The molecule has 0 aliphatic rings. The zero-order valence-corrected chi connectivity index (χ0v) is 11.9. The number of nitrogens with zero attached hydrogens (tertiary/aromatic N) is 1. The van der Waals surface area contributed by atoms with Crippen LogP contribution in [0.1, 0.15) is 19.4 Å². The highest BCUT2D eigenvalue weighted by Gasteiger charge is 2.06. The average molecular weight is 252 g/mol. The maximum absolute atomic E-state index is 9.89. The molecule has 94 valence electrons. The topological polar surface area (TPSA) is 23.5 Å². The molecule has 0 radical (unpaired) electrons. The second-order valence-corrected chi connectivity index (χ2v) is 6.10. The van der Waals surface area contributed by atoms with Crippen molar-refractivity contribution in [3.05, 3.63) is 35.2 Å². The molecule has 17 heavy (non-hydrogen) atoms. The van der Waals surface area contributed by atoms with Gasteiger partial charge in [-0.2, -0.15) is 0 Å². The first-order chi connectivity index (χ1) is 8.08. The Morgan fingerprint density at radius 2 is 1.71 bits per heavy atom. The van der Waals surface area contributed by atoms with Crippen molar-refractivity contribution >= 4 is 22.3 Å². The Morgan fingerprint density at radius 1 is 1.18 bits per heavy atom. The lowest BCUT2D eigenvalue weighted by atomic mass is 10.1. The van der Waals surface area contributed by atoms with Gasteiger partial charge in [-0.15, -0.1) is 0 Å². The van der Waals surface area contributed by atoms with E-state index in [-0.39, 0.29) is 10.9 Å². The number of benzene rings is 1. The summed E-state index contributed by atoms with van der Waals surface area (Å²) in [5, 5.41) is 11.8. The van der Waals surface area contributed by atoms with Crippen molar-refractivity contribution in [2.45, 2.75) is 13.8 Å². The van der Waals surface area contributed by atoms with Crippen LogP contribution in [-0.2, 0) is 10.9 Å². The first-order valence-corrected chi connectivity index (χ1v) is 8.01. The second-order valence-electron chi connectivity index (χ2n) is 4.10. The van der Waals surface area contributed by atoms with Crippen LogP contribution in [0.3, 0.4) is 0 Å². The van der Waals surface area contributed by atoms with Crippen LogP contribution in [0.15, 0.2) is 29.7 Å². The van der Waals surface area contributed by atoms with E-state index in [2.05, 4.69) is 43.4 Å². The molecule has 2 nitrogen and oxygen atoms in total. The fraction of sp³-hybridized carbons (Fsp3) is 0.429. The molecule has 0 saturated carbocycles. The van der Waals surface area contributed by atoms with Gasteiger partial charge in [0.05, 0.1) is 0 Å². The van der Waals surface area contributed by atoms with Crippen molar-refractivity contribution in [1.82, 2.24) is 0 Å². The number of hydrogen-bond acceptors (Lipinski definition) is 2. The van der Waals surface area contributed by atoms with Gasteiger partial charge < -0.3 is 10.0 Å². The van der Waals surface area contributed by atoms with E-state index >= 15 is 0 Å². The molecule has 0 atom stereocenters. The number of hydrogen-bond donors (Lipinski definition) is 1. The Kier molecular flexibility index (Phi) is 5.42. The smallest absolute Gasteiger partial charge is 0.170 e. The molecule has 0 aliphatic heterocycles. The molecule has 0 aliphatic carbocycles. The maximum Gasteiger partial charge on any atom is 0.170 e. The molecule has 0 bridgehead atoms. The van der Waals surface area contributed by atoms with Gasteiger partial charge in [0.15, 0.2) is 11.2 Å². The van der Waals surface area contributed by atoms with E-state index in [1.54, 1.807) is 0 Å². The van der Waals surface area contributed by atoms with Crippen LogP contribution in [-0.4, -0.2) is 30.7 Å². The SMILES string of the molecule is CCN(CC)c1ccc(/C(O)=C/[S+](C)C)cc1. The van der Waals surface area contributed by atoms with E-state index in [4.69, 9.17) is 0 Å². The predicted molar refractivity (Wildman–Crippen MR) is 79.8 cm³/mol. The van der Waals surface area contributed by atoms with Crippen LogP contribution >= 0.6 is 0 Å². The van der Waals surface area contributed by atoms with Gasteiger partial charge in [0, 0.05) is 35.2 Å². The van der Waals surface area contributed by atoms with Gasteiger partial charge in [-0.25, -0.2) is 0 Å². The molecular formula is C14H22NOS+. The van der Waals surface area contributed by atoms with Crippen molar-refractivity contribution in [1.29, 1.82) is 0 Å². The van der Waals surface area contributed by atoms with Crippen LogP contribution in [0.2, 0.25) is 0 Å². The predicted octanol–water partition coefficient (Wildman–Crippen LogP) is 3.27. The molecule has 1 aromatic carbocycles. The second kappa shape index (κ2) is 6.60. The highest BCUT2D eigenvalue weighted by Crippen LogP contribution is 2.19. The van der Waals surface area contributed by atoms with Gasteiger partial charge in [-0.1, -0.05) is 0 Å². The Morgan fingerprint density at radius 3 is 2.12 bits per heavy atom. The molecule has 0 fully saturated rings. The summed E-state index contributed by atoms with van der Waals surface area (Å²) in [6.45, 7) is 6.30. The molecule has 1 N–H and O–H groups in total. The molecule has 0 saturated heterocycles. The Hall–Kier alpha value is -1.09. The molecule has 1 aromatic rings. The fourth-order valence-corrected chi connectivity index (χ4v) is 2.31. The minimum absolute atomic E-state index is 0.114. The lowest BCUT2D eigenvalue weighted by molar-refractivity contribution is 0.513. The summed E-state index contributed by atoms with van der Waals surface area (Å²) < 4.78 is 0. The van der Waals surface area contributed by atoms with Crippen molar-refractivity contribution in [3.8, 4) is 0 Å². The van der Waals surface area contributed by atoms with E-state index in [1.165, 1.54) is 5.69 Å². The van der Waals surface area contributed by atoms with E-state index in [0.29, 0.717) is 5.76 Å². The first kappa shape index (κ1) is 14.0. The van der Waals surface area contributed by atoms with Gasteiger partial charge in [0.2, 0.25) is 0 Å². The van der Waals surface area contributed by atoms with Crippen LogP contribution < -0.4 is 4.90 Å². The van der Waals surface area contributed by atoms with Crippen LogP contribution in [0.4, 0.5) is 5.69 Å². The third-order valence-corrected chi connectivity index (χ3v) is 3.33. The van der Waals surface area contributed by atoms with Crippen molar-refractivity contribution < 1.29 is 5.11 Å². The summed E-state index contributed by atoms with van der Waals surface area (Å²) in [6.07, 6.45) is 4.17. The Bertz CT molecular complexity index is 366. The van der Waals surface area contributed by atoms with E-state index < -0.39 is 0 Å². The van der Waals surface area contributed by atoms with Crippen LogP contribution in [0.5, 0.6) is 0 Å². The highest BCUT2D eigenvalue weighted by molar-refractivity contribution is 7.98. The highest BCUT2D eigenvalue weighted by atomic mass is 32.2. The molecular weight excluding hydrogens is 230 g/mol. The van der Waals surface area contributed by atoms with Gasteiger partial charge in [-0.3, -0.25) is 0 Å². The summed E-state index contributed by atoms with van der Waals surface area (Å²) in [4.78, 5) is 2.29.